The Balaban J connectivity index is 1.53. The maximum absolute atomic E-state index is 14.3. The Bertz CT molecular complexity index is 1020. The van der Waals surface area contributed by atoms with Crippen molar-refractivity contribution in [2.24, 2.45) is 5.73 Å². The lowest BCUT2D eigenvalue weighted by Gasteiger charge is -2.14. The summed E-state index contributed by atoms with van der Waals surface area (Å²) in [6.07, 6.45) is 1.39. The zero-order valence-electron chi connectivity index (χ0n) is 18.5. The van der Waals surface area contributed by atoms with Crippen molar-refractivity contribution in [3.63, 3.8) is 0 Å². The van der Waals surface area contributed by atoms with Gasteiger partial charge < -0.3 is 20.1 Å². The number of amides is 2. The molecular weight excluding hydrogens is 475 g/mol. The van der Waals surface area contributed by atoms with E-state index in [9.17, 15) is 22.8 Å². The zero-order valence-corrected chi connectivity index (χ0v) is 19.4. The number of likely N-dealkylation sites (tertiary alicyclic amines) is 1. The van der Waals surface area contributed by atoms with Gasteiger partial charge >= 0.3 is 0 Å². The van der Waals surface area contributed by atoms with Crippen molar-refractivity contribution in [3.05, 3.63) is 39.8 Å². The third-order valence-corrected chi connectivity index (χ3v) is 6.11. The van der Waals surface area contributed by atoms with Crippen LogP contribution in [0.5, 0.6) is 11.6 Å². The van der Waals surface area contributed by atoms with Gasteiger partial charge in [0.05, 0.1) is 12.7 Å². The van der Waals surface area contributed by atoms with Gasteiger partial charge in [-0.2, -0.15) is 4.37 Å². The molecular formula is C21H26F3N5O4S. The molecule has 2 aromatic rings. The van der Waals surface area contributed by atoms with Gasteiger partial charge in [-0.1, -0.05) is 0 Å². The lowest BCUT2D eigenvalue weighted by molar-refractivity contribution is 0.0921. The van der Waals surface area contributed by atoms with Crippen LogP contribution in [-0.2, 0) is 6.61 Å². The van der Waals surface area contributed by atoms with E-state index in [-0.39, 0.29) is 22.1 Å². The van der Waals surface area contributed by atoms with Gasteiger partial charge in [0.15, 0.2) is 11.6 Å². The molecule has 13 heteroatoms. The second kappa shape index (κ2) is 12.0. The van der Waals surface area contributed by atoms with E-state index >= 15 is 0 Å². The molecule has 3 rings (SSSR count). The number of benzene rings is 1. The molecule has 9 nitrogen and oxygen atoms in total. The number of aromatic nitrogens is 1. The third kappa shape index (κ3) is 6.36. The average molecular weight is 502 g/mol. The van der Waals surface area contributed by atoms with E-state index in [1.54, 1.807) is 0 Å². The standard InChI is InChI=1S/C21H26F3N5O4S/c1-32-15-5-4-14(23)13(17(15)24)11-33-21-16(19(25)30)18(34-28-21)20(31)27-26-7-2-3-8-29-9-6-12(22)10-29/h4-5,12,26H,2-3,6-11H2,1H3,(H2,25,30)(H,27,31)/t12-/m1/s1. The normalized spacial score (nSPS) is 15.9. The molecule has 1 aromatic heterocycles. The Morgan fingerprint density at radius 2 is 2.12 bits per heavy atom. The number of nitrogens with one attached hydrogen (secondary N) is 2. The largest absolute Gasteiger partial charge is 0.494 e. The average Bonchev–Trinajstić information content (AvgIpc) is 3.42. The summed E-state index contributed by atoms with van der Waals surface area (Å²) in [5.41, 5.74) is 9.89. The molecule has 0 spiro atoms. The summed E-state index contributed by atoms with van der Waals surface area (Å²) >= 11 is 0.667. The van der Waals surface area contributed by atoms with Crippen LogP contribution in [0.3, 0.4) is 0 Å². The highest BCUT2D eigenvalue weighted by molar-refractivity contribution is 7.08. The first-order valence-electron chi connectivity index (χ1n) is 10.6. The first kappa shape index (κ1) is 25.7. The number of ether oxygens (including phenoxy) is 2. The summed E-state index contributed by atoms with van der Waals surface area (Å²) in [5.74, 6) is -3.93. The van der Waals surface area contributed by atoms with Gasteiger partial charge in [-0.05, 0) is 49.5 Å². The van der Waals surface area contributed by atoms with E-state index in [0.717, 1.165) is 38.1 Å². The van der Waals surface area contributed by atoms with E-state index < -0.39 is 41.8 Å². The molecule has 1 aliphatic rings. The minimum absolute atomic E-state index is 0.104. The molecule has 0 unspecified atom stereocenters. The highest BCUT2D eigenvalue weighted by Crippen LogP contribution is 2.28. The summed E-state index contributed by atoms with van der Waals surface area (Å²) in [5, 5.41) is 0. The second-order valence-electron chi connectivity index (χ2n) is 7.66. The van der Waals surface area contributed by atoms with Crippen LogP contribution in [-0.4, -0.2) is 60.5 Å². The first-order valence-corrected chi connectivity index (χ1v) is 11.4. The van der Waals surface area contributed by atoms with E-state index in [1.165, 1.54) is 7.11 Å². The smallest absolute Gasteiger partial charge is 0.278 e. The van der Waals surface area contributed by atoms with Crippen molar-refractivity contribution >= 4 is 23.3 Å². The van der Waals surface area contributed by atoms with Gasteiger partial charge in [0, 0.05) is 19.6 Å². The maximum Gasteiger partial charge on any atom is 0.278 e. The van der Waals surface area contributed by atoms with E-state index in [1.807, 2.05) is 0 Å². The number of hydrogen-bond donors (Lipinski definition) is 3. The molecule has 1 aromatic carbocycles. The maximum atomic E-state index is 14.3. The van der Waals surface area contributed by atoms with E-state index in [0.29, 0.717) is 31.0 Å². The molecule has 0 radical (unpaired) electrons. The fourth-order valence-electron chi connectivity index (χ4n) is 3.49. The third-order valence-electron chi connectivity index (χ3n) is 5.28. The molecule has 34 heavy (non-hydrogen) atoms. The predicted molar refractivity (Wildman–Crippen MR) is 119 cm³/mol. The minimum Gasteiger partial charge on any atom is -0.494 e. The SMILES string of the molecule is COc1ccc(F)c(COc2nsc(C(=O)NNCCCCN3CC[C@@H](F)C3)c2C(N)=O)c1F. The molecule has 4 N–H and O–H groups in total. The van der Waals surface area contributed by atoms with Crippen molar-refractivity contribution in [1.29, 1.82) is 0 Å². The Labute approximate surface area is 198 Å². The van der Waals surface area contributed by atoms with Gasteiger partial charge in [-0.3, -0.25) is 15.0 Å². The molecule has 2 heterocycles. The van der Waals surface area contributed by atoms with Crippen molar-refractivity contribution in [2.45, 2.75) is 32.0 Å². The van der Waals surface area contributed by atoms with Crippen LogP contribution in [0.2, 0.25) is 0 Å². The summed E-state index contributed by atoms with van der Waals surface area (Å²) in [6, 6.07) is 2.15. The van der Waals surface area contributed by atoms with Gasteiger partial charge in [-0.25, -0.2) is 18.6 Å². The molecule has 1 saturated heterocycles. The number of hydrazine groups is 1. The lowest BCUT2D eigenvalue weighted by Crippen LogP contribution is -2.38. The van der Waals surface area contributed by atoms with Gasteiger partial charge in [0.2, 0.25) is 5.88 Å². The molecule has 0 saturated carbocycles. The van der Waals surface area contributed by atoms with Gasteiger partial charge in [0.25, 0.3) is 11.8 Å². The number of carbonyl (C=O) groups excluding carboxylic acids is 2. The molecule has 186 valence electrons. The van der Waals surface area contributed by atoms with Crippen LogP contribution >= 0.6 is 11.5 Å². The highest BCUT2D eigenvalue weighted by Gasteiger charge is 2.26. The fraction of sp³-hybridized carbons (Fsp3) is 0.476. The molecule has 1 aliphatic heterocycles. The van der Waals surface area contributed by atoms with Crippen LogP contribution in [0.1, 0.15) is 44.9 Å². The Kier molecular flexibility index (Phi) is 9.07. The summed E-state index contributed by atoms with van der Waals surface area (Å²) in [7, 11) is 1.24. The highest BCUT2D eigenvalue weighted by atomic mass is 32.1. The van der Waals surface area contributed by atoms with Crippen molar-refractivity contribution in [3.8, 4) is 11.6 Å². The number of alkyl halides is 1. The fourth-order valence-corrected chi connectivity index (χ4v) is 4.22. The lowest BCUT2D eigenvalue weighted by atomic mass is 10.2. The number of carbonyl (C=O) groups is 2. The van der Waals surface area contributed by atoms with Crippen LogP contribution in [0.25, 0.3) is 0 Å². The number of methoxy groups -OCH3 is 1. The zero-order chi connectivity index (χ0) is 24.7. The summed E-state index contributed by atoms with van der Waals surface area (Å²) in [4.78, 5) is 26.4. The number of rotatable bonds is 12. The number of primary amides is 1. The Hall–Kier alpha value is -2.90. The van der Waals surface area contributed by atoms with Crippen LogP contribution < -0.4 is 26.1 Å². The van der Waals surface area contributed by atoms with Crippen LogP contribution in [0, 0.1) is 11.6 Å². The monoisotopic (exact) mass is 501 g/mol. The molecule has 0 bridgehead atoms. The van der Waals surface area contributed by atoms with Crippen molar-refractivity contribution in [2.75, 3.05) is 33.3 Å². The van der Waals surface area contributed by atoms with E-state index in [2.05, 4.69) is 20.1 Å². The van der Waals surface area contributed by atoms with Crippen LogP contribution in [0.4, 0.5) is 13.2 Å². The first-order chi connectivity index (χ1) is 16.3. The van der Waals surface area contributed by atoms with Crippen LogP contribution in [0.15, 0.2) is 12.1 Å². The topological polar surface area (TPSA) is 119 Å². The quantitative estimate of drug-likeness (QED) is 0.301. The number of unbranched alkanes of at least 4 members (excludes halogenated alkanes) is 1. The number of nitrogens with zero attached hydrogens (tertiary/aromatic N) is 2. The molecule has 1 fully saturated rings. The van der Waals surface area contributed by atoms with Gasteiger partial charge in [0.1, 0.15) is 29.0 Å². The number of nitrogens with two attached hydrogens (primary N) is 1. The van der Waals surface area contributed by atoms with Crippen molar-refractivity contribution < 1.29 is 32.2 Å². The molecule has 1 atom stereocenters. The van der Waals surface area contributed by atoms with Crippen molar-refractivity contribution in [1.82, 2.24) is 20.1 Å². The van der Waals surface area contributed by atoms with E-state index in [4.69, 9.17) is 15.2 Å². The summed E-state index contributed by atoms with van der Waals surface area (Å²) in [6.45, 7) is 1.87. The molecule has 0 aliphatic carbocycles. The Morgan fingerprint density at radius 3 is 2.79 bits per heavy atom. The Morgan fingerprint density at radius 1 is 1.32 bits per heavy atom. The predicted octanol–water partition coefficient (Wildman–Crippen LogP) is 2.17. The second-order valence-corrected chi connectivity index (χ2v) is 8.43. The molecule has 2 amide bonds. The number of halogens is 3. The van der Waals surface area contributed by atoms with Gasteiger partial charge in [-0.15, -0.1) is 0 Å². The summed E-state index contributed by atoms with van der Waals surface area (Å²) < 4.78 is 55.5. The number of hydrogen-bond acceptors (Lipinski definition) is 8. The minimum atomic E-state index is -0.975.